The van der Waals surface area contributed by atoms with Gasteiger partial charge in [0, 0.05) is 0 Å². The zero-order valence-electron chi connectivity index (χ0n) is 18.1. The number of hydrogen-bond acceptors (Lipinski definition) is 2. The van der Waals surface area contributed by atoms with Crippen LogP contribution in [0, 0.1) is 0 Å². The van der Waals surface area contributed by atoms with Gasteiger partial charge < -0.3 is 10.2 Å². The maximum absolute atomic E-state index is 9.66. The molecule has 3 aromatic rings. The van der Waals surface area contributed by atoms with Crippen LogP contribution >= 0.6 is 0 Å². The summed E-state index contributed by atoms with van der Waals surface area (Å²) in [5.74, 6) is 1.09. The Labute approximate surface area is 181 Å². The zero-order chi connectivity index (χ0) is 21.2. The van der Waals surface area contributed by atoms with Gasteiger partial charge in [0.2, 0.25) is 0 Å². The molecular formula is C28H34O2. The Kier molecular flexibility index (Phi) is 8.38. The maximum Gasteiger partial charge on any atom is 0.115 e. The van der Waals surface area contributed by atoms with Gasteiger partial charge in [0.05, 0.1) is 0 Å². The fourth-order valence-corrected chi connectivity index (χ4v) is 4.08. The van der Waals surface area contributed by atoms with Gasteiger partial charge in [0.1, 0.15) is 11.5 Å². The van der Waals surface area contributed by atoms with Crippen LogP contribution in [-0.4, -0.2) is 10.2 Å². The van der Waals surface area contributed by atoms with Crippen molar-refractivity contribution in [3.63, 3.8) is 0 Å². The molecule has 0 saturated carbocycles. The number of phenols is 2. The number of phenolic OH excluding ortho intramolecular Hbond substituents is 2. The van der Waals surface area contributed by atoms with Crippen molar-refractivity contribution in [1.82, 2.24) is 0 Å². The van der Waals surface area contributed by atoms with Gasteiger partial charge in [0.25, 0.3) is 0 Å². The molecule has 1 unspecified atom stereocenters. The van der Waals surface area contributed by atoms with Gasteiger partial charge >= 0.3 is 0 Å². The fourth-order valence-electron chi connectivity index (χ4n) is 4.08. The first-order valence-corrected chi connectivity index (χ1v) is 11.3. The number of aromatic hydroxyl groups is 2. The Morgan fingerprint density at radius 3 is 1.70 bits per heavy atom. The first kappa shape index (κ1) is 22.0. The largest absolute Gasteiger partial charge is 0.508 e. The Morgan fingerprint density at radius 1 is 0.600 bits per heavy atom. The monoisotopic (exact) mass is 402 g/mol. The summed E-state index contributed by atoms with van der Waals surface area (Å²) in [6.07, 6.45) is 10.0. The minimum absolute atomic E-state index is 0.293. The lowest BCUT2D eigenvalue weighted by atomic mass is 9.87. The fraction of sp³-hybridized carbons (Fsp3) is 0.357. The molecule has 158 valence electrons. The molecule has 2 N–H and O–H groups in total. The normalized spacial score (nSPS) is 12.0. The van der Waals surface area contributed by atoms with Crippen molar-refractivity contribution in [2.45, 2.75) is 64.2 Å². The molecule has 0 aromatic heterocycles. The van der Waals surface area contributed by atoms with Gasteiger partial charge in [-0.15, -0.1) is 0 Å². The van der Waals surface area contributed by atoms with E-state index in [1.807, 2.05) is 12.1 Å². The molecule has 0 aliphatic rings. The Bertz CT molecular complexity index is 864. The third kappa shape index (κ3) is 6.66. The number of unbranched alkanes of at least 4 members (excludes halogenated alkanes) is 5. The van der Waals surface area contributed by atoms with Crippen LogP contribution in [0.25, 0.3) is 11.1 Å². The van der Waals surface area contributed by atoms with E-state index in [1.54, 1.807) is 24.3 Å². The van der Waals surface area contributed by atoms with E-state index in [9.17, 15) is 10.2 Å². The van der Waals surface area contributed by atoms with E-state index in [0.29, 0.717) is 17.4 Å². The molecule has 0 fully saturated rings. The van der Waals surface area contributed by atoms with E-state index < -0.39 is 0 Å². The van der Waals surface area contributed by atoms with Crippen molar-refractivity contribution in [2.75, 3.05) is 0 Å². The van der Waals surface area contributed by atoms with Gasteiger partial charge in [-0.05, 0) is 65.3 Å². The molecule has 3 aromatic carbocycles. The summed E-state index contributed by atoms with van der Waals surface area (Å²) < 4.78 is 0. The van der Waals surface area contributed by atoms with E-state index in [-0.39, 0.29) is 0 Å². The number of rotatable bonds is 11. The second-order valence-electron chi connectivity index (χ2n) is 8.29. The summed E-state index contributed by atoms with van der Waals surface area (Å²) in [5, 5.41) is 19.2. The van der Waals surface area contributed by atoms with Crippen LogP contribution in [0.5, 0.6) is 11.5 Å². The quantitative estimate of drug-likeness (QED) is 0.321. The van der Waals surface area contributed by atoms with Gasteiger partial charge in [0.15, 0.2) is 0 Å². The molecule has 0 amide bonds. The highest BCUT2D eigenvalue weighted by Gasteiger charge is 2.13. The second-order valence-corrected chi connectivity index (χ2v) is 8.29. The Balaban J connectivity index is 1.65. The van der Waals surface area contributed by atoms with E-state index in [1.165, 1.54) is 56.1 Å². The topological polar surface area (TPSA) is 40.5 Å². The Hall–Kier alpha value is -2.74. The number of hydrogen-bond donors (Lipinski definition) is 2. The summed E-state index contributed by atoms with van der Waals surface area (Å²) in [6, 6.07) is 23.9. The molecule has 30 heavy (non-hydrogen) atoms. The van der Waals surface area contributed by atoms with Gasteiger partial charge in [-0.1, -0.05) is 94.0 Å². The van der Waals surface area contributed by atoms with Crippen molar-refractivity contribution >= 4 is 0 Å². The van der Waals surface area contributed by atoms with Crippen LogP contribution in [0.2, 0.25) is 0 Å². The second kappa shape index (κ2) is 11.4. The molecule has 0 aliphatic heterocycles. The van der Waals surface area contributed by atoms with Gasteiger partial charge in [-0.25, -0.2) is 0 Å². The minimum Gasteiger partial charge on any atom is -0.508 e. The highest BCUT2D eigenvalue weighted by atomic mass is 16.3. The minimum atomic E-state index is 0.293. The van der Waals surface area contributed by atoms with Gasteiger partial charge in [-0.2, -0.15) is 0 Å². The highest BCUT2D eigenvalue weighted by Crippen LogP contribution is 2.29. The molecule has 0 heterocycles. The van der Waals surface area contributed by atoms with Crippen molar-refractivity contribution in [1.29, 1.82) is 0 Å². The predicted molar refractivity (Wildman–Crippen MR) is 126 cm³/mol. The lowest BCUT2D eigenvalue weighted by Crippen LogP contribution is -2.03. The molecule has 1 atom stereocenters. The number of benzene rings is 3. The third-order valence-electron chi connectivity index (χ3n) is 5.91. The lowest BCUT2D eigenvalue weighted by Gasteiger charge is -2.18. The predicted octanol–water partition coefficient (Wildman–Crippen LogP) is 7.84. The molecule has 0 aliphatic carbocycles. The van der Waals surface area contributed by atoms with Crippen LogP contribution < -0.4 is 0 Å². The third-order valence-corrected chi connectivity index (χ3v) is 5.91. The molecule has 3 rings (SSSR count). The van der Waals surface area contributed by atoms with E-state index in [0.717, 1.165) is 17.5 Å². The van der Waals surface area contributed by atoms with Crippen LogP contribution in [0.15, 0.2) is 72.8 Å². The van der Waals surface area contributed by atoms with Crippen LogP contribution in [0.3, 0.4) is 0 Å². The van der Waals surface area contributed by atoms with Crippen molar-refractivity contribution < 1.29 is 10.2 Å². The SMILES string of the molecule is CCCCCCCCC(Cc1ccc(-c2ccc(O)cc2)cc1)c1ccc(O)cc1. The molecular weight excluding hydrogens is 368 g/mol. The van der Waals surface area contributed by atoms with E-state index in [2.05, 4.69) is 43.3 Å². The van der Waals surface area contributed by atoms with Crippen molar-refractivity contribution in [3.8, 4) is 22.6 Å². The summed E-state index contributed by atoms with van der Waals surface area (Å²) in [4.78, 5) is 0. The Morgan fingerprint density at radius 2 is 1.10 bits per heavy atom. The maximum atomic E-state index is 9.66. The average molecular weight is 403 g/mol. The standard InChI is InChI=1S/C28H34O2/c1-2-3-4-5-6-7-8-26(25-15-19-28(30)20-16-25)21-22-9-11-23(12-10-22)24-13-17-27(29)18-14-24/h9-20,26,29-30H,2-8,21H2,1H3. The summed E-state index contributed by atoms with van der Waals surface area (Å²) >= 11 is 0. The smallest absolute Gasteiger partial charge is 0.115 e. The van der Waals surface area contributed by atoms with Crippen LogP contribution in [0.1, 0.15) is 68.9 Å². The van der Waals surface area contributed by atoms with Crippen LogP contribution in [0.4, 0.5) is 0 Å². The molecule has 0 radical (unpaired) electrons. The molecule has 0 spiro atoms. The molecule has 0 bridgehead atoms. The molecule has 2 nitrogen and oxygen atoms in total. The van der Waals surface area contributed by atoms with E-state index in [4.69, 9.17) is 0 Å². The lowest BCUT2D eigenvalue weighted by molar-refractivity contribution is 0.474. The molecule has 2 heteroatoms. The van der Waals surface area contributed by atoms with E-state index >= 15 is 0 Å². The summed E-state index contributed by atoms with van der Waals surface area (Å²) in [6.45, 7) is 2.26. The van der Waals surface area contributed by atoms with Crippen molar-refractivity contribution in [2.24, 2.45) is 0 Å². The highest BCUT2D eigenvalue weighted by molar-refractivity contribution is 5.64. The van der Waals surface area contributed by atoms with Crippen molar-refractivity contribution in [3.05, 3.63) is 83.9 Å². The van der Waals surface area contributed by atoms with Gasteiger partial charge in [-0.3, -0.25) is 0 Å². The van der Waals surface area contributed by atoms with Crippen LogP contribution in [-0.2, 0) is 6.42 Å². The first-order valence-electron chi connectivity index (χ1n) is 11.3. The summed E-state index contributed by atoms with van der Waals surface area (Å²) in [7, 11) is 0. The zero-order valence-corrected chi connectivity index (χ0v) is 18.1. The summed E-state index contributed by atoms with van der Waals surface area (Å²) in [5.41, 5.74) is 4.92. The average Bonchev–Trinajstić information content (AvgIpc) is 2.77. The first-order chi connectivity index (χ1) is 14.7. The molecule has 0 saturated heterocycles.